The van der Waals surface area contributed by atoms with Crippen molar-refractivity contribution in [3.05, 3.63) is 46.0 Å². The van der Waals surface area contributed by atoms with E-state index in [1.54, 1.807) is 28.4 Å². The van der Waals surface area contributed by atoms with Gasteiger partial charge >= 0.3 is 0 Å². The Morgan fingerprint density at radius 2 is 2.26 bits per heavy atom. The predicted octanol–water partition coefficient (Wildman–Crippen LogP) is 1.83. The van der Waals surface area contributed by atoms with E-state index in [0.717, 1.165) is 28.4 Å². The Bertz CT molecular complexity index is 624. The normalized spacial score (nSPS) is 12.8. The Hall–Kier alpha value is -1.33. The van der Waals surface area contributed by atoms with Crippen molar-refractivity contribution in [1.29, 1.82) is 0 Å². The zero-order valence-electron chi connectivity index (χ0n) is 11.3. The van der Waals surface area contributed by atoms with Crippen molar-refractivity contribution in [2.24, 2.45) is 11.7 Å². The minimum Gasteiger partial charge on any atom is -0.330 e. The van der Waals surface area contributed by atoms with Gasteiger partial charge in [-0.2, -0.15) is 11.8 Å². The summed E-state index contributed by atoms with van der Waals surface area (Å²) in [5.41, 5.74) is 8.22. The van der Waals surface area contributed by atoms with Crippen molar-refractivity contribution in [3.8, 4) is 0 Å². The maximum absolute atomic E-state index is 12.0. The van der Waals surface area contributed by atoms with Crippen LogP contribution in [0.3, 0.4) is 0 Å². The summed E-state index contributed by atoms with van der Waals surface area (Å²) in [6.07, 6.45) is 1.77. The van der Waals surface area contributed by atoms with E-state index in [0.29, 0.717) is 12.5 Å². The van der Waals surface area contributed by atoms with E-state index in [2.05, 4.69) is 11.9 Å². The lowest BCUT2D eigenvalue weighted by atomic mass is 10.2. The summed E-state index contributed by atoms with van der Waals surface area (Å²) in [5, 5.41) is 0. The SMILES string of the molecule is Cc1ccn2c(=O)cc(CSCC(C)CN)nc2c1. The lowest BCUT2D eigenvalue weighted by Gasteiger charge is -2.08. The monoisotopic (exact) mass is 277 g/mol. The Morgan fingerprint density at radius 1 is 1.47 bits per heavy atom. The lowest BCUT2D eigenvalue weighted by Crippen LogP contribution is -2.16. The van der Waals surface area contributed by atoms with Crippen molar-refractivity contribution in [2.75, 3.05) is 12.3 Å². The highest BCUT2D eigenvalue weighted by molar-refractivity contribution is 7.98. The van der Waals surface area contributed by atoms with E-state index in [9.17, 15) is 4.79 Å². The van der Waals surface area contributed by atoms with Gasteiger partial charge in [-0.3, -0.25) is 9.20 Å². The standard InChI is InChI=1S/C14H19N3OS/c1-10-3-4-17-13(5-10)16-12(6-14(17)18)9-19-8-11(2)7-15/h3-6,11H,7-9,15H2,1-2H3. The fourth-order valence-electron chi connectivity index (χ4n) is 1.76. The van der Waals surface area contributed by atoms with Gasteiger partial charge in [-0.25, -0.2) is 4.98 Å². The third-order valence-electron chi connectivity index (χ3n) is 2.93. The van der Waals surface area contributed by atoms with Gasteiger partial charge in [-0.05, 0) is 42.8 Å². The van der Waals surface area contributed by atoms with Crippen molar-refractivity contribution in [1.82, 2.24) is 9.38 Å². The average Bonchev–Trinajstić information content (AvgIpc) is 2.38. The number of pyridine rings is 1. The van der Waals surface area contributed by atoms with E-state index in [1.807, 2.05) is 19.1 Å². The second-order valence-corrected chi connectivity index (χ2v) is 5.90. The van der Waals surface area contributed by atoms with E-state index in [1.165, 1.54) is 0 Å². The number of hydrogen-bond acceptors (Lipinski definition) is 4. The largest absolute Gasteiger partial charge is 0.330 e. The Kier molecular flexibility index (Phi) is 4.61. The van der Waals surface area contributed by atoms with Gasteiger partial charge in [0.15, 0.2) is 0 Å². The molecule has 0 saturated carbocycles. The summed E-state index contributed by atoms with van der Waals surface area (Å²) < 4.78 is 1.57. The molecule has 0 bridgehead atoms. The summed E-state index contributed by atoms with van der Waals surface area (Å²) in [4.78, 5) is 16.5. The third-order valence-corrected chi connectivity index (χ3v) is 4.24. The summed E-state index contributed by atoms with van der Waals surface area (Å²) in [6.45, 7) is 4.82. The first-order chi connectivity index (χ1) is 9.10. The van der Waals surface area contributed by atoms with Crippen molar-refractivity contribution < 1.29 is 0 Å². The van der Waals surface area contributed by atoms with E-state index >= 15 is 0 Å². The highest BCUT2D eigenvalue weighted by Crippen LogP contribution is 2.13. The molecule has 0 aliphatic rings. The van der Waals surface area contributed by atoms with Crippen molar-refractivity contribution in [2.45, 2.75) is 19.6 Å². The zero-order chi connectivity index (χ0) is 13.8. The first-order valence-corrected chi connectivity index (χ1v) is 7.52. The van der Waals surface area contributed by atoms with Gasteiger partial charge < -0.3 is 5.73 Å². The first-order valence-electron chi connectivity index (χ1n) is 6.37. The van der Waals surface area contributed by atoms with Gasteiger partial charge in [-0.15, -0.1) is 0 Å². The molecule has 0 aliphatic carbocycles. The minimum absolute atomic E-state index is 0.0209. The summed E-state index contributed by atoms with van der Waals surface area (Å²) >= 11 is 1.77. The van der Waals surface area contributed by atoms with Crippen LogP contribution in [0.25, 0.3) is 5.65 Å². The molecule has 102 valence electrons. The smallest absolute Gasteiger partial charge is 0.258 e. The van der Waals surface area contributed by atoms with Crippen LogP contribution in [0.4, 0.5) is 0 Å². The second kappa shape index (κ2) is 6.21. The highest BCUT2D eigenvalue weighted by Gasteiger charge is 2.04. The maximum Gasteiger partial charge on any atom is 0.258 e. The molecule has 0 spiro atoms. The maximum atomic E-state index is 12.0. The third kappa shape index (κ3) is 3.58. The number of aromatic nitrogens is 2. The molecule has 1 unspecified atom stereocenters. The van der Waals surface area contributed by atoms with Crippen LogP contribution < -0.4 is 11.3 Å². The van der Waals surface area contributed by atoms with Crippen LogP contribution in [0.1, 0.15) is 18.2 Å². The molecule has 2 heterocycles. The first kappa shape index (κ1) is 14.1. The quantitative estimate of drug-likeness (QED) is 0.906. The van der Waals surface area contributed by atoms with Gasteiger partial charge in [0.05, 0.1) is 5.69 Å². The molecule has 0 aliphatic heterocycles. The van der Waals surface area contributed by atoms with Gasteiger partial charge in [0.2, 0.25) is 0 Å². The molecular formula is C14H19N3OS. The molecule has 5 heteroatoms. The molecule has 2 aromatic heterocycles. The minimum atomic E-state index is -0.0209. The second-order valence-electron chi connectivity index (χ2n) is 4.87. The fraction of sp³-hybridized carbons (Fsp3) is 0.429. The van der Waals surface area contributed by atoms with Crippen molar-refractivity contribution in [3.63, 3.8) is 0 Å². The van der Waals surface area contributed by atoms with Gasteiger partial charge in [-0.1, -0.05) is 6.92 Å². The molecule has 1 atom stereocenters. The van der Waals surface area contributed by atoms with Crippen LogP contribution in [0.5, 0.6) is 0 Å². The molecule has 0 amide bonds. The predicted molar refractivity (Wildman–Crippen MR) is 80.6 cm³/mol. The van der Waals surface area contributed by atoms with E-state index in [-0.39, 0.29) is 5.56 Å². The molecule has 2 aromatic rings. The summed E-state index contributed by atoms with van der Waals surface area (Å²) in [6, 6.07) is 5.45. The highest BCUT2D eigenvalue weighted by atomic mass is 32.2. The Morgan fingerprint density at radius 3 is 3.00 bits per heavy atom. The molecule has 19 heavy (non-hydrogen) atoms. The van der Waals surface area contributed by atoms with Crippen LogP contribution in [0, 0.1) is 12.8 Å². The van der Waals surface area contributed by atoms with Crippen LogP contribution >= 0.6 is 11.8 Å². The van der Waals surface area contributed by atoms with Gasteiger partial charge in [0.1, 0.15) is 5.65 Å². The summed E-state index contributed by atoms with van der Waals surface area (Å²) in [7, 11) is 0. The zero-order valence-corrected chi connectivity index (χ0v) is 12.1. The number of nitrogens with zero attached hydrogens (tertiary/aromatic N) is 2. The van der Waals surface area contributed by atoms with Gasteiger partial charge in [0.25, 0.3) is 5.56 Å². The molecule has 2 rings (SSSR count). The van der Waals surface area contributed by atoms with Crippen LogP contribution in [0.2, 0.25) is 0 Å². The lowest BCUT2D eigenvalue weighted by molar-refractivity contribution is 0.675. The topological polar surface area (TPSA) is 60.4 Å². The number of fused-ring (bicyclic) bond motifs is 1. The molecular weight excluding hydrogens is 258 g/mol. The van der Waals surface area contributed by atoms with Gasteiger partial charge in [0, 0.05) is 18.0 Å². The number of rotatable bonds is 5. The van der Waals surface area contributed by atoms with Crippen LogP contribution in [0.15, 0.2) is 29.2 Å². The molecule has 0 saturated heterocycles. The fourth-order valence-corrected chi connectivity index (χ4v) is 2.77. The van der Waals surface area contributed by atoms with Crippen molar-refractivity contribution >= 4 is 17.4 Å². The summed E-state index contributed by atoms with van der Waals surface area (Å²) in [5.74, 6) is 2.24. The number of hydrogen-bond donors (Lipinski definition) is 1. The number of nitrogens with two attached hydrogens (primary N) is 1. The van der Waals surface area contributed by atoms with Crippen LogP contribution in [-0.2, 0) is 5.75 Å². The van der Waals surface area contributed by atoms with E-state index in [4.69, 9.17) is 5.73 Å². The van der Waals surface area contributed by atoms with Crippen LogP contribution in [-0.4, -0.2) is 21.7 Å². The molecule has 0 fully saturated rings. The average molecular weight is 277 g/mol. The molecule has 4 nitrogen and oxygen atoms in total. The Labute approximate surface area is 117 Å². The van der Waals surface area contributed by atoms with E-state index < -0.39 is 0 Å². The molecule has 0 radical (unpaired) electrons. The molecule has 2 N–H and O–H groups in total. The number of aryl methyl sites for hydroxylation is 1. The number of thioether (sulfide) groups is 1. The Balaban J connectivity index is 2.18. The molecule has 0 aromatic carbocycles.